The molecule has 0 aliphatic heterocycles. The van der Waals surface area contributed by atoms with Crippen molar-refractivity contribution in [1.82, 2.24) is 0 Å². The fourth-order valence-corrected chi connectivity index (χ4v) is 2.00. The van der Waals surface area contributed by atoms with Gasteiger partial charge in [0.25, 0.3) is 5.69 Å². The molecule has 1 aromatic rings. The Hall–Kier alpha value is -0.860. The summed E-state index contributed by atoms with van der Waals surface area (Å²) in [5, 5.41) is 10.4. The highest BCUT2D eigenvalue weighted by Crippen LogP contribution is 2.36. The average Bonchev–Trinajstić information content (AvgIpc) is 2.00. The lowest BCUT2D eigenvalue weighted by atomic mass is 10.1. The first-order valence-electron chi connectivity index (χ1n) is 3.75. The summed E-state index contributed by atoms with van der Waals surface area (Å²) in [7, 11) is 0. The third-order valence-corrected chi connectivity index (χ3v) is 2.68. The summed E-state index contributed by atoms with van der Waals surface area (Å²) < 4.78 is 37.2. The van der Waals surface area contributed by atoms with E-state index >= 15 is 0 Å². The summed E-state index contributed by atoms with van der Waals surface area (Å²) in [6.45, 7) is 1.40. The standard InChI is InChI=1S/C8H5F3INO2/c1-4-2-6(12)5(8(9,10)11)3-7(4)13(14)15/h2-3H,1H3. The lowest BCUT2D eigenvalue weighted by Gasteiger charge is -2.09. The number of benzene rings is 1. The van der Waals surface area contributed by atoms with E-state index in [0.717, 1.165) is 6.07 Å². The molecule has 1 aromatic carbocycles. The zero-order valence-corrected chi connectivity index (χ0v) is 9.59. The molecule has 0 radical (unpaired) electrons. The molecule has 0 aliphatic rings. The lowest BCUT2D eigenvalue weighted by molar-refractivity contribution is -0.385. The summed E-state index contributed by atoms with van der Waals surface area (Å²) >= 11 is 1.51. The van der Waals surface area contributed by atoms with Gasteiger partial charge in [-0.1, -0.05) is 0 Å². The Balaban J connectivity index is 3.43. The van der Waals surface area contributed by atoms with Gasteiger partial charge >= 0.3 is 6.18 Å². The first-order valence-corrected chi connectivity index (χ1v) is 4.83. The van der Waals surface area contributed by atoms with Crippen molar-refractivity contribution in [3.63, 3.8) is 0 Å². The second kappa shape index (κ2) is 3.95. The van der Waals surface area contributed by atoms with E-state index in [0.29, 0.717) is 6.07 Å². The van der Waals surface area contributed by atoms with Crippen LogP contribution in [0.5, 0.6) is 0 Å². The number of alkyl halides is 3. The van der Waals surface area contributed by atoms with Crippen LogP contribution in [-0.4, -0.2) is 4.92 Å². The van der Waals surface area contributed by atoms with Gasteiger partial charge < -0.3 is 0 Å². The van der Waals surface area contributed by atoms with E-state index < -0.39 is 22.4 Å². The third kappa shape index (κ3) is 2.58. The molecule has 0 heterocycles. The molecule has 7 heteroatoms. The first-order chi connectivity index (χ1) is 6.73. The van der Waals surface area contributed by atoms with Gasteiger partial charge in [0.15, 0.2) is 0 Å². The SMILES string of the molecule is Cc1cc(I)c(C(F)(F)F)cc1[N+](=O)[O-]. The van der Waals surface area contributed by atoms with Crippen LogP contribution < -0.4 is 0 Å². The molecule has 0 aromatic heterocycles. The zero-order chi connectivity index (χ0) is 11.8. The maximum absolute atomic E-state index is 12.4. The van der Waals surface area contributed by atoms with Gasteiger partial charge in [-0.05, 0) is 35.6 Å². The minimum absolute atomic E-state index is 0.0387. The van der Waals surface area contributed by atoms with Crippen LogP contribution >= 0.6 is 22.6 Å². The summed E-state index contributed by atoms with van der Waals surface area (Å²) in [5.74, 6) is 0. The Bertz CT molecular complexity index is 417. The Morgan fingerprint density at radius 1 is 1.40 bits per heavy atom. The van der Waals surface area contributed by atoms with Gasteiger partial charge in [0, 0.05) is 15.2 Å². The van der Waals surface area contributed by atoms with Crippen LogP contribution in [0, 0.1) is 20.6 Å². The van der Waals surface area contributed by atoms with Gasteiger partial charge in [0.2, 0.25) is 0 Å². The molecule has 0 saturated heterocycles. The molecule has 0 unspecified atom stereocenters. The van der Waals surface area contributed by atoms with Gasteiger partial charge in [0.05, 0.1) is 10.5 Å². The molecule has 0 fully saturated rings. The van der Waals surface area contributed by atoms with Crippen LogP contribution in [0.2, 0.25) is 0 Å². The molecule has 0 atom stereocenters. The average molecular weight is 331 g/mol. The van der Waals surface area contributed by atoms with E-state index in [4.69, 9.17) is 0 Å². The van der Waals surface area contributed by atoms with Crippen LogP contribution in [0.4, 0.5) is 18.9 Å². The number of nitro benzene ring substituents is 1. The van der Waals surface area contributed by atoms with E-state index in [-0.39, 0.29) is 9.13 Å². The molecule has 0 amide bonds. The molecule has 15 heavy (non-hydrogen) atoms. The normalized spacial score (nSPS) is 11.5. The van der Waals surface area contributed by atoms with Crippen molar-refractivity contribution >= 4 is 28.3 Å². The van der Waals surface area contributed by atoms with E-state index in [1.54, 1.807) is 0 Å². The van der Waals surface area contributed by atoms with Gasteiger partial charge in [-0.15, -0.1) is 0 Å². The van der Waals surface area contributed by atoms with Gasteiger partial charge in [-0.3, -0.25) is 10.1 Å². The van der Waals surface area contributed by atoms with E-state index in [1.807, 2.05) is 0 Å². The van der Waals surface area contributed by atoms with Gasteiger partial charge in [-0.2, -0.15) is 13.2 Å². The number of halogens is 4. The Morgan fingerprint density at radius 2 is 1.93 bits per heavy atom. The molecule has 1 rings (SSSR count). The smallest absolute Gasteiger partial charge is 0.258 e. The summed E-state index contributed by atoms with van der Waals surface area (Å²) in [6, 6.07) is 1.72. The predicted octanol–water partition coefficient (Wildman–Crippen LogP) is 3.53. The molecular formula is C8H5F3INO2. The molecule has 0 bridgehead atoms. The molecule has 0 spiro atoms. The highest BCUT2D eigenvalue weighted by molar-refractivity contribution is 14.1. The zero-order valence-electron chi connectivity index (χ0n) is 7.43. The topological polar surface area (TPSA) is 43.1 Å². The van der Waals surface area contributed by atoms with Crippen molar-refractivity contribution in [2.75, 3.05) is 0 Å². The van der Waals surface area contributed by atoms with E-state index in [1.165, 1.54) is 29.5 Å². The maximum atomic E-state index is 12.4. The largest absolute Gasteiger partial charge is 0.417 e. The monoisotopic (exact) mass is 331 g/mol. The number of hydrogen-bond acceptors (Lipinski definition) is 2. The second-order valence-electron chi connectivity index (χ2n) is 2.87. The fraction of sp³-hybridized carbons (Fsp3) is 0.250. The van der Waals surface area contributed by atoms with Gasteiger partial charge in [-0.25, -0.2) is 0 Å². The molecular weight excluding hydrogens is 326 g/mol. The van der Waals surface area contributed by atoms with Crippen LogP contribution in [0.3, 0.4) is 0 Å². The Morgan fingerprint density at radius 3 is 2.33 bits per heavy atom. The first kappa shape index (κ1) is 12.2. The summed E-state index contributed by atoms with van der Waals surface area (Å²) in [6.07, 6.45) is -4.56. The van der Waals surface area contributed by atoms with Crippen LogP contribution in [-0.2, 0) is 6.18 Å². The molecule has 3 nitrogen and oxygen atoms in total. The minimum Gasteiger partial charge on any atom is -0.258 e. The number of nitro groups is 1. The fourth-order valence-electron chi connectivity index (χ4n) is 1.08. The number of nitrogens with zero attached hydrogens (tertiary/aromatic N) is 1. The predicted molar refractivity (Wildman–Crippen MR) is 55.6 cm³/mol. The lowest BCUT2D eigenvalue weighted by Crippen LogP contribution is -2.09. The minimum atomic E-state index is -4.56. The molecule has 82 valence electrons. The quantitative estimate of drug-likeness (QED) is 0.449. The van der Waals surface area contributed by atoms with Crippen molar-refractivity contribution in [3.8, 4) is 0 Å². The highest BCUT2D eigenvalue weighted by Gasteiger charge is 2.35. The van der Waals surface area contributed by atoms with Crippen molar-refractivity contribution in [3.05, 3.63) is 36.9 Å². The van der Waals surface area contributed by atoms with Crippen LogP contribution in [0.1, 0.15) is 11.1 Å². The van der Waals surface area contributed by atoms with Crippen molar-refractivity contribution in [2.24, 2.45) is 0 Å². The highest BCUT2D eigenvalue weighted by atomic mass is 127. The third-order valence-electron chi connectivity index (χ3n) is 1.79. The van der Waals surface area contributed by atoms with Crippen LogP contribution in [0.25, 0.3) is 0 Å². The molecule has 0 saturated carbocycles. The van der Waals surface area contributed by atoms with Crippen molar-refractivity contribution in [1.29, 1.82) is 0 Å². The van der Waals surface area contributed by atoms with Gasteiger partial charge in [0.1, 0.15) is 0 Å². The van der Waals surface area contributed by atoms with Crippen molar-refractivity contribution in [2.45, 2.75) is 13.1 Å². The number of hydrogen-bond donors (Lipinski definition) is 0. The molecule has 0 N–H and O–H groups in total. The Kier molecular flexibility index (Phi) is 3.22. The van der Waals surface area contributed by atoms with E-state index in [9.17, 15) is 23.3 Å². The summed E-state index contributed by atoms with van der Waals surface area (Å²) in [4.78, 5) is 9.63. The maximum Gasteiger partial charge on any atom is 0.417 e. The van der Waals surface area contributed by atoms with Crippen molar-refractivity contribution < 1.29 is 18.1 Å². The number of rotatable bonds is 1. The van der Waals surface area contributed by atoms with E-state index in [2.05, 4.69) is 0 Å². The summed E-state index contributed by atoms with van der Waals surface area (Å²) in [5.41, 5.74) is -1.26. The number of aryl methyl sites for hydroxylation is 1. The second-order valence-corrected chi connectivity index (χ2v) is 4.04. The van der Waals surface area contributed by atoms with Crippen LogP contribution in [0.15, 0.2) is 12.1 Å². The Labute approximate surface area is 96.6 Å². The molecule has 0 aliphatic carbocycles.